The number of hydrogen-bond acceptors (Lipinski definition) is 5. The van der Waals surface area contributed by atoms with Gasteiger partial charge in [-0.3, -0.25) is 9.79 Å². The van der Waals surface area contributed by atoms with Crippen LogP contribution in [-0.2, 0) is 9.53 Å². The van der Waals surface area contributed by atoms with Crippen molar-refractivity contribution in [2.75, 3.05) is 57.8 Å². The predicted molar refractivity (Wildman–Crippen MR) is 126 cm³/mol. The van der Waals surface area contributed by atoms with E-state index in [0.717, 1.165) is 58.0 Å². The molecule has 0 aromatic carbocycles. The zero-order valence-electron chi connectivity index (χ0n) is 17.4. The molecule has 2 fully saturated rings. The molecule has 3 rings (SSSR count). The van der Waals surface area contributed by atoms with Gasteiger partial charge in [-0.25, -0.2) is 4.98 Å². The highest BCUT2D eigenvalue weighted by Crippen LogP contribution is 2.23. The van der Waals surface area contributed by atoms with Crippen molar-refractivity contribution in [3.05, 3.63) is 24.4 Å². The number of nitrogens with one attached hydrogen (secondary N) is 2. The van der Waals surface area contributed by atoms with E-state index in [0.29, 0.717) is 18.9 Å². The summed E-state index contributed by atoms with van der Waals surface area (Å²) < 4.78 is 5.78. The molecule has 0 saturated carbocycles. The van der Waals surface area contributed by atoms with E-state index in [-0.39, 0.29) is 35.5 Å². The lowest BCUT2D eigenvalue weighted by Crippen LogP contribution is -2.50. The normalized spacial score (nSPS) is 22.2. The van der Waals surface area contributed by atoms with Gasteiger partial charge in [-0.2, -0.15) is 0 Å². The number of carbonyl (C=O) groups excluding carboxylic acids is 1. The zero-order valence-corrected chi connectivity index (χ0v) is 19.7. The minimum atomic E-state index is -0.124. The Labute approximate surface area is 190 Å². The van der Waals surface area contributed by atoms with Crippen molar-refractivity contribution in [1.29, 1.82) is 0 Å². The fourth-order valence-corrected chi connectivity index (χ4v) is 3.64. The molecule has 162 valence electrons. The summed E-state index contributed by atoms with van der Waals surface area (Å²) >= 11 is 0. The molecule has 1 amide bonds. The standard InChI is InChI=1S/C20H32N6O2.HI/c1-20(8-5-15-28-20)16-24-19(21-2)23-10-7-18(27)26-13-11-25(12-14-26)17-6-3-4-9-22-17;/h3-4,6,9H,5,7-8,10-16H2,1-2H3,(H2,21,23,24);1H. The third kappa shape index (κ3) is 6.98. The maximum Gasteiger partial charge on any atom is 0.224 e. The Kier molecular flexibility index (Phi) is 9.41. The van der Waals surface area contributed by atoms with Crippen molar-refractivity contribution < 1.29 is 9.53 Å². The highest BCUT2D eigenvalue weighted by atomic mass is 127. The van der Waals surface area contributed by atoms with Crippen LogP contribution in [0.5, 0.6) is 0 Å². The molecule has 2 aliphatic rings. The largest absolute Gasteiger partial charge is 0.373 e. The molecule has 2 N–H and O–H groups in total. The quantitative estimate of drug-likeness (QED) is 0.339. The lowest BCUT2D eigenvalue weighted by molar-refractivity contribution is -0.131. The number of aliphatic imine (C=N–C) groups is 1. The molecule has 1 unspecified atom stereocenters. The molecule has 0 spiro atoms. The molecule has 0 bridgehead atoms. The highest BCUT2D eigenvalue weighted by Gasteiger charge is 2.29. The van der Waals surface area contributed by atoms with Crippen molar-refractivity contribution in [2.24, 2.45) is 4.99 Å². The topological polar surface area (TPSA) is 82.1 Å². The van der Waals surface area contributed by atoms with Crippen molar-refractivity contribution in [1.82, 2.24) is 20.5 Å². The first kappa shape index (κ1) is 23.7. The van der Waals surface area contributed by atoms with E-state index in [1.54, 1.807) is 13.2 Å². The summed E-state index contributed by atoms with van der Waals surface area (Å²) in [6.45, 7) is 7.33. The molecule has 0 aliphatic carbocycles. The van der Waals surface area contributed by atoms with Gasteiger partial charge in [0.1, 0.15) is 5.82 Å². The Balaban J connectivity index is 0.00000300. The van der Waals surface area contributed by atoms with Gasteiger partial charge in [0.2, 0.25) is 5.91 Å². The van der Waals surface area contributed by atoms with Crippen LogP contribution in [0.4, 0.5) is 5.82 Å². The van der Waals surface area contributed by atoms with Crippen LogP contribution in [0.2, 0.25) is 0 Å². The van der Waals surface area contributed by atoms with Gasteiger partial charge < -0.3 is 25.2 Å². The molecule has 29 heavy (non-hydrogen) atoms. The van der Waals surface area contributed by atoms with Crippen molar-refractivity contribution in [3.63, 3.8) is 0 Å². The monoisotopic (exact) mass is 516 g/mol. The Morgan fingerprint density at radius 2 is 2.07 bits per heavy atom. The first-order valence-corrected chi connectivity index (χ1v) is 10.1. The predicted octanol–water partition coefficient (Wildman–Crippen LogP) is 1.47. The smallest absolute Gasteiger partial charge is 0.224 e. The first-order chi connectivity index (χ1) is 13.6. The molecule has 0 radical (unpaired) electrons. The van der Waals surface area contributed by atoms with Crippen molar-refractivity contribution in [2.45, 2.75) is 31.8 Å². The van der Waals surface area contributed by atoms with Gasteiger partial charge in [0.25, 0.3) is 0 Å². The number of guanidine groups is 1. The number of piperazine rings is 1. The van der Waals surface area contributed by atoms with Crippen LogP contribution in [0, 0.1) is 0 Å². The van der Waals surface area contributed by atoms with Crippen LogP contribution >= 0.6 is 24.0 Å². The molecule has 3 heterocycles. The number of amides is 1. The van der Waals surface area contributed by atoms with E-state index in [4.69, 9.17) is 4.74 Å². The number of carbonyl (C=O) groups is 1. The maximum atomic E-state index is 12.5. The Hall–Kier alpha value is -1.62. The summed E-state index contributed by atoms with van der Waals surface area (Å²) in [6, 6.07) is 5.92. The number of ether oxygens (including phenoxy) is 1. The van der Waals surface area contributed by atoms with Crippen LogP contribution in [0.1, 0.15) is 26.2 Å². The van der Waals surface area contributed by atoms with Gasteiger partial charge in [-0.05, 0) is 31.9 Å². The second-order valence-corrected chi connectivity index (χ2v) is 7.56. The Morgan fingerprint density at radius 3 is 2.69 bits per heavy atom. The minimum absolute atomic E-state index is 0. The van der Waals surface area contributed by atoms with Gasteiger partial charge in [-0.1, -0.05) is 6.07 Å². The molecule has 1 aromatic rings. The third-order valence-corrected chi connectivity index (χ3v) is 5.39. The van der Waals surface area contributed by atoms with Crippen LogP contribution in [0.3, 0.4) is 0 Å². The number of rotatable bonds is 6. The van der Waals surface area contributed by atoms with Crippen LogP contribution in [0.15, 0.2) is 29.4 Å². The van der Waals surface area contributed by atoms with Crippen LogP contribution in [0.25, 0.3) is 0 Å². The van der Waals surface area contributed by atoms with Crippen LogP contribution in [-0.4, -0.2) is 80.3 Å². The summed E-state index contributed by atoms with van der Waals surface area (Å²) in [4.78, 5) is 25.3. The second kappa shape index (κ2) is 11.5. The zero-order chi connectivity index (χ0) is 19.8. The van der Waals surface area contributed by atoms with E-state index in [1.807, 2.05) is 23.1 Å². The Bertz CT molecular complexity index is 658. The molecule has 1 aromatic heterocycles. The molecule has 8 nitrogen and oxygen atoms in total. The van der Waals surface area contributed by atoms with Crippen molar-refractivity contribution in [3.8, 4) is 0 Å². The van der Waals surface area contributed by atoms with Gasteiger partial charge in [-0.15, -0.1) is 24.0 Å². The van der Waals surface area contributed by atoms with Crippen molar-refractivity contribution >= 4 is 41.7 Å². The lowest BCUT2D eigenvalue weighted by Gasteiger charge is -2.35. The molecular weight excluding hydrogens is 483 g/mol. The van der Waals surface area contributed by atoms with E-state index in [9.17, 15) is 4.79 Å². The summed E-state index contributed by atoms with van der Waals surface area (Å²) in [5, 5.41) is 6.54. The number of halogens is 1. The number of aromatic nitrogens is 1. The number of anilines is 1. The lowest BCUT2D eigenvalue weighted by atomic mass is 10.0. The molecular formula is C20H33IN6O2. The van der Waals surface area contributed by atoms with Crippen LogP contribution < -0.4 is 15.5 Å². The Morgan fingerprint density at radius 1 is 1.28 bits per heavy atom. The fourth-order valence-electron chi connectivity index (χ4n) is 3.64. The number of pyridine rings is 1. The van der Waals surface area contributed by atoms with Gasteiger partial charge in [0.15, 0.2) is 5.96 Å². The highest BCUT2D eigenvalue weighted by molar-refractivity contribution is 14.0. The summed E-state index contributed by atoms with van der Waals surface area (Å²) in [5.41, 5.74) is -0.124. The minimum Gasteiger partial charge on any atom is -0.373 e. The average Bonchev–Trinajstić information content (AvgIpc) is 3.18. The van der Waals surface area contributed by atoms with E-state index in [2.05, 4.69) is 32.4 Å². The molecule has 2 aliphatic heterocycles. The third-order valence-electron chi connectivity index (χ3n) is 5.39. The first-order valence-electron chi connectivity index (χ1n) is 10.1. The van der Waals surface area contributed by atoms with Gasteiger partial charge >= 0.3 is 0 Å². The fraction of sp³-hybridized carbons (Fsp3) is 0.650. The van der Waals surface area contributed by atoms with Gasteiger partial charge in [0.05, 0.1) is 5.60 Å². The summed E-state index contributed by atoms with van der Waals surface area (Å²) in [6.07, 6.45) is 4.42. The van der Waals surface area contributed by atoms with Gasteiger partial charge in [0, 0.05) is 65.5 Å². The summed E-state index contributed by atoms with van der Waals surface area (Å²) in [7, 11) is 1.74. The number of hydrogen-bond donors (Lipinski definition) is 2. The second-order valence-electron chi connectivity index (χ2n) is 7.56. The average molecular weight is 516 g/mol. The van der Waals surface area contributed by atoms with E-state index >= 15 is 0 Å². The summed E-state index contributed by atoms with van der Waals surface area (Å²) in [5.74, 6) is 1.87. The molecule has 2 saturated heterocycles. The number of nitrogens with zero attached hydrogens (tertiary/aromatic N) is 4. The maximum absolute atomic E-state index is 12.5. The van der Waals surface area contributed by atoms with E-state index < -0.39 is 0 Å². The SMILES string of the molecule is CN=C(NCCC(=O)N1CCN(c2ccccn2)CC1)NCC1(C)CCCO1.I. The molecule has 1 atom stereocenters. The van der Waals surface area contributed by atoms with E-state index in [1.165, 1.54) is 0 Å². The molecule has 9 heteroatoms.